The molecule has 0 saturated heterocycles. The van der Waals surface area contributed by atoms with E-state index in [1.165, 1.54) is 20.3 Å². The molecule has 0 aliphatic carbocycles. The molecule has 0 spiro atoms. The van der Waals surface area contributed by atoms with Crippen molar-refractivity contribution in [1.29, 1.82) is 0 Å². The SMILES string of the molecule is COC(=O)/C(=C/c1cc(OC)ccc1Br)NC(=O)OCc1ccccc1. The highest BCUT2D eigenvalue weighted by Crippen LogP contribution is 2.24. The summed E-state index contributed by atoms with van der Waals surface area (Å²) in [6, 6.07) is 14.5. The van der Waals surface area contributed by atoms with Gasteiger partial charge in [0.2, 0.25) is 0 Å². The van der Waals surface area contributed by atoms with Crippen LogP contribution >= 0.6 is 15.9 Å². The van der Waals surface area contributed by atoms with Crippen molar-refractivity contribution >= 4 is 34.1 Å². The normalized spacial score (nSPS) is 10.8. The van der Waals surface area contributed by atoms with Crippen molar-refractivity contribution in [2.75, 3.05) is 14.2 Å². The van der Waals surface area contributed by atoms with Crippen molar-refractivity contribution in [3.8, 4) is 5.75 Å². The molecule has 1 N–H and O–H groups in total. The Morgan fingerprint density at radius 3 is 2.50 bits per heavy atom. The Hall–Kier alpha value is -2.80. The molecule has 0 saturated carbocycles. The molecule has 0 unspecified atom stereocenters. The number of amides is 1. The number of ether oxygens (including phenoxy) is 3. The van der Waals surface area contributed by atoms with Crippen LogP contribution < -0.4 is 10.1 Å². The maximum absolute atomic E-state index is 12.0. The Morgan fingerprint density at radius 1 is 1.12 bits per heavy atom. The first-order chi connectivity index (χ1) is 12.5. The molecule has 6 nitrogen and oxygen atoms in total. The average Bonchev–Trinajstić information content (AvgIpc) is 2.67. The standard InChI is InChI=1S/C19H18BrNO5/c1-24-15-8-9-16(20)14(10-15)11-17(18(22)25-2)21-19(23)26-12-13-6-4-3-5-7-13/h3-11H,12H2,1-2H3,(H,21,23)/b17-11-. The zero-order chi connectivity index (χ0) is 18.9. The van der Waals surface area contributed by atoms with Gasteiger partial charge in [-0.2, -0.15) is 0 Å². The van der Waals surface area contributed by atoms with Crippen LogP contribution in [0.5, 0.6) is 5.75 Å². The van der Waals surface area contributed by atoms with Crippen LogP contribution in [0.25, 0.3) is 6.08 Å². The lowest BCUT2D eigenvalue weighted by molar-refractivity contribution is -0.136. The van der Waals surface area contributed by atoms with Crippen molar-refractivity contribution in [2.24, 2.45) is 0 Å². The molecule has 2 rings (SSSR count). The zero-order valence-corrected chi connectivity index (χ0v) is 15.9. The summed E-state index contributed by atoms with van der Waals surface area (Å²) in [7, 11) is 2.77. The molecule has 0 radical (unpaired) electrons. The second-order valence-electron chi connectivity index (χ2n) is 5.12. The summed E-state index contributed by atoms with van der Waals surface area (Å²) in [5.74, 6) is -0.0910. The Kier molecular flexibility index (Phi) is 7.23. The van der Waals surface area contributed by atoms with Crippen molar-refractivity contribution < 1.29 is 23.8 Å². The summed E-state index contributed by atoms with van der Waals surface area (Å²) in [4.78, 5) is 24.0. The molecular formula is C19H18BrNO5. The Balaban J connectivity index is 2.14. The predicted molar refractivity (Wildman–Crippen MR) is 100 cm³/mol. The largest absolute Gasteiger partial charge is 0.497 e. The number of carbonyl (C=O) groups is 2. The molecule has 0 heterocycles. The molecule has 0 aliphatic rings. The molecule has 136 valence electrons. The lowest BCUT2D eigenvalue weighted by Crippen LogP contribution is -2.28. The molecule has 0 aliphatic heterocycles. The number of hydrogen-bond acceptors (Lipinski definition) is 5. The van der Waals surface area contributed by atoms with Gasteiger partial charge in [-0.1, -0.05) is 46.3 Å². The molecule has 0 bridgehead atoms. The number of alkyl carbamates (subject to hydrolysis) is 1. The maximum atomic E-state index is 12.0. The minimum Gasteiger partial charge on any atom is -0.497 e. The number of nitrogens with one attached hydrogen (secondary N) is 1. The third-order valence-corrected chi connectivity index (χ3v) is 4.08. The van der Waals surface area contributed by atoms with Crippen LogP contribution in [0.4, 0.5) is 4.79 Å². The monoisotopic (exact) mass is 419 g/mol. The van der Waals surface area contributed by atoms with Gasteiger partial charge in [-0.25, -0.2) is 9.59 Å². The number of rotatable bonds is 6. The predicted octanol–water partition coefficient (Wildman–Crippen LogP) is 3.90. The third kappa shape index (κ3) is 5.63. The summed E-state index contributed by atoms with van der Waals surface area (Å²) in [5.41, 5.74) is 1.41. The van der Waals surface area contributed by atoms with E-state index < -0.39 is 12.1 Å². The minimum absolute atomic E-state index is 0.0560. The van der Waals surface area contributed by atoms with Crippen molar-refractivity contribution in [2.45, 2.75) is 6.61 Å². The van der Waals surface area contributed by atoms with E-state index in [0.29, 0.717) is 11.3 Å². The highest BCUT2D eigenvalue weighted by atomic mass is 79.9. The van der Waals surface area contributed by atoms with Gasteiger partial charge in [0, 0.05) is 4.47 Å². The van der Waals surface area contributed by atoms with Gasteiger partial charge >= 0.3 is 12.1 Å². The van der Waals surface area contributed by atoms with Crippen LogP contribution in [0.1, 0.15) is 11.1 Å². The molecule has 2 aromatic carbocycles. The molecule has 7 heteroatoms. The van der Waals surface area contributed by atoms with Gasteiger partial charge in [0.25, 0.3) is 0 Å². The fraction of sp³-hybridized carbons (Fsp3) is 0.158. The lowest BCUT2D eigenvalue weighted by Gasteiger charge is -2.10. The van der Waals surface area contributed by atoms with Gasteiger partial charge in [0.05, 0.1) is 14.2 Å². The van der Waals surface area contributed by atoms with Crippen molar-refractivity contribution in [1.82, 2.24) is 5.32 Å². The minimum atomic E-state index is -0.760. The molecular weight excluding hydrogens is 402 g/mol. The second kappa shape index (κ2) is 9.62. The van der Waals surface area contributed by atoms with Crippen LogP contribution in [0.3, 0.4) is 0 Å². The molecule has 0 fully saturated rings. The highest BCUT2D eigenvalue weighted by molar-refractivity contribution is 9.10. The maximum Gasteiger partial charge on any atom is 0.412 e. The number of carbonyl (C=O) groups excluding carboxylic acids is 2. The van der Waals surface area contributed by atoms with E-state index in [-0.39, 0.29) is 12.3 Å². The number of hydrogen-bond donors (Lipinski definition) is 1. The Labute approximate surface area is 159 Å². The van der Waals surface area contributed by atoms with Crippen molar-refractivity contribution in [3.05, 3.63) is 69.8 Å². The van der Waals surface area contributed by atoms with E-state index >= 15 is 0 Å². The molecule has 0 atom stereocenters. The molecule has 0 aromatic heterocycles. The topological polar surface area (TPSA) is 73.9 Å². The van der Waals surface area contributed by atoms with E-state index in [0.717, 1.165) is 10.0 Å². The first kappa shape index (κ1) is 19.5. The van der Waals surface area contributed by atoms with Crippen LogP contribution in [-0.4, -0.2) is 26.3 Å². The zero-order valence-electron chi connectivity index (χ0n) is 14.3. The van der Waals surface area contributed by atoms with Crippen molar-refractivity contribution in [3.63, 3.8) is 0 Å². The van der Waals surface area contributed by atoms with Crippen LogP contribution in [0.15, 0.2) is 58.7 Å². The Morgan fingerprint density at radius 2 is 1.85 bits per heavy atom. The van der Waals surface area contributed by atoms with Crippen LogP contribution in [0.2, 0.25) is 0 Å². The number of halogens is 1. The molecule has 1 amide bonds. The quantitative estimate of drug-likeness (QED) is 0.567. The summed E-state index contributed by atoms with van der Waals surface area (Å²) in [5, 5.41) is 2.41. The average molecular weight is 420 g/mol. The van der Waals surface area contributed by atoms with Gasteiger partial charge in [-0.3, -0.25) is 5.32 Å². The number of methoxy groups -OCH3 is 2. The van der Waals surface area contributed by atoms with E-state index in [1.807, 2.05) is 30.3 Å². The fourth-order valence-electron chi connectivity index (χ4n) is 2.04. The first-order valence-corrected chi connectivity index (χ1v) is 8.44. The highest BCUT2D eigenvalue weighted by Gasteiger charge is 2.15. The summed E-state index contributed by atoms with van der Waals surface area (Å²) < 4.78 is 15.7. The second-order valence-corrected chi connectivity index (χ2v) is 5.98. The number of benzene rings is 2. The summed E-state index contributed by atoms with van der Waals surface area (Å²) in [6.07, 6.45) is 0.715. The van der Waals surface area contributed by atoms with E-state index in [1.54, 1.807) is 18.2 Å². The fourth-order valence-corrected chi connectivity index (χ4v) is 2.40. The summed E-state index contributed by atoms with van der Waals surface area (Å²) >= 11 is 3.39. The molecule has 26 heavy (non-hydrogen) atoms. The van der Waals surface area contributed by atoms with Gasteiger partial charge in [0.15, 0.2) is 0 Å². The van der Waals surface area contributed by atoms with Gasteiger partial charge in [0.1, 0.15) is 18.1 Å². The first-order valence-electron chi connectivity index (χ1n) is 7.64. The van der Waals surface area contributed by atoms with Gasteiger partial charge in [-0.05, 0) is 35.4 Å². The Bertz CT molecular complexity index is 805. The van der Waals surface area contributed by atoms with E-state index in [9.17, 15) is 9.59 Å². The van der Waals surface area contributed by atoms with Gasteiger partial charge in [-0.15, -0.1) is 0 Å². The molecule has 2 aromatic rings. The van der Waals surface area contributed by atoms with Crippen LogP contribution in [-0.2, 0) is 20.9 Å². The van der Waals surface area contributed by atoms with Gasteiger partial charge < -0.3 is 14.2 Å². The smallest absolute Gasteiger partial charge is 0.412 e. The van der Waals surface area contributed by atoms with E-state index in [2.05, 4.69) is 21.2 Å². The summed E-state index contributed by atoms with van der Waals surface area (Å²) in [6.45, 7) is 0.0873. The number of esters is 1. The van der Waals surface area contributed by atoms with E-state index in [4.69, 9.17) is 14.2 Å². The van der Waals surface area contributed by atoms with Crippen LogP contribution in [0, 0.1) is 0 Å². The lowest BCUT2D eigenvalue weighted by atomic mass is 10.2. The third-order valence-electron chi connectivity index (χ3n) is 3.36.